The summed E-state index contributed by atoms with van der Waals surface area (Å²) in [5.41, 5.74) is 1.83. The van der Waals surface area contributed by atoms with E-state index in [0.717, 1.165) is 0 Å². The van der Waals surface area contributed by atoms with Crippen molar-refractivity contribution in [3.63, 3.8) is 0 Å². The van der Waals surface area contributed by atoms with E-state index in [2.05, 4.69) is 23.6 Å². The molecule has 0 heterocycles. The molecule has 5 heavy (non-hydrogen) atoms. The van der Waals surface area contributed by atoms with Gasteiger partial charge in [0.05, 0.1) is 0 Å². The van der Waals surface area contributed by atoms with E-state index in [-0.39, 0.29) is 0 Å². The minimum Gasteiger partial charge on any atom is -0.246 e. The van der Waals surface area contributed by atoms with Crippen LogP contribution in [0, 0.1) is 0 Å². The average molecular weight is 95.1 g/mol. The number of nitrogens with one attached hydrogen (secondary N) is 2. The third-order valence-electron chi connectivity index (χ3n) is 0.105. The number of rotatable bonds is 2. The molecule has 0 aromatic rings. The third-order valence-corrected chi connectivity index (χ3v) is 0.196. The second kappa shape index (κ2) is 4.19. The van der Waals surface area contributed by atoms with Gasteiger partial charge in [-0.3, -0.25) is 0 Å². The minimum absolute atomic E-state index is 1.83. The Balaban J connectivity index is 2.19. The molecule has 0 amide bonds. The lowest BCUT2D eigenvalue weighted by Crippen LogP contribution is -2.26. The fourth-order valence-electron chi connectivity index (χ4n) is 0.0264. The molecule has 32 valence electrons. The van der Waals surface area contributed by atoms with E-state index >= 15 is 0 Å². The topological polar surface area (TPSA) is 59.3 Å². The van der Waals surface area contributed by atoms with Crippen molar-refractivity contribution in [1.82, 2.24) is 10.5 Å². The van der Waals surface area contributed by atoms with Gasteiger partial charge in [0.25, 0.3) is 0 Å². The summed E-state index contributed by atoms with van der Waals surface area (Å²) >= 11 is 3.39. The highest BCUT2D eigenvalue weighted by Crippen LogP contribution is 1.49. The van der Waals surface area contributed by atoms with E-state index in [0.29, 0.717) is 0 Å². The molecule has 0 spiro atoms. The van der Waals surface area contributed by atoms with Crippen LogP contribution in [0.5, 0.6) is 0 Å². The van der Waals surface area contributed by atoms with Crippen LogP contribution >= 0.6 is 12.8 Å². The highest BCUT2D eigenvalue weighted by Gasteiger charge is 1.58. The van der Waals surface area contributed by atoms with Gasteiger partial charge < -0.3 is 0 Å². The van der Waals surface area contributed by atoms with Gasteiger partial charge in [-0.15, -0.1) is 10.5 Å². The van der Waals surface area contributed by atoms with Gasteiger partial charge in [-0.25, -0.2) is 5.84 Å². The van der Waals surface area contributed by atoms with Gasteiger partial charge in [0.15, 0.2) is 0 Å². The monoisotopic (exact) mass is 95.0 g/mol. The predicted octanol–water partition coefficient (Wildman–Crippen LogP) is -1.27. The first-order valence-corrected chi connectivity index (χ1v) is 1.37. The second-order valence-electron chi connectivity index (χ2n) is 0.311. The molecule has 0 bridgehead atoms. The van der Waals surface area contributed by atoms with E-state index < -0.39 is 0 Å². The molecule has 0 atom stereocenters. The summed E-state index contributed by atoms with van der Waals surface area (Å²) in [4.78, 5) is 5.95. The molecule has 0 fully saturated rings. The van der Waals surface area contributed by atoms with Gasteiger partial charge in [-0.05, 0) is 0 Å². The Morgan fingerprint density at radius 2 is 2.40 bits per heavy atom. The van der Waals surface area contributed by atoms with Crippen LogP contribution < -0.4 is 16.3 Å². The fraction of sp³-hybridized carbons (Fsp3) is 0. The maximum absolute atomic E-state index is 4.56. The zero-order valence-electron chi connectivity index (χ0n) is 2.43. The molecule has 0 radical (unpaired) electrons. The lowest BCUT2D eigenvalue weighted by atomic mass is 12.8. The SMILES string of the molecule is NNONS. The maximum Gasteiger partial charge on any atom is -0.0700 e. The van der Waals surface area contributed by atoms with E-state index in [1.54, 1.807) is 0 Å². The lowest BCUT2D eigenvalue weighted by Gasteiger charge is -1.88. The molecular formula is H5N3OS. The van der Waals surface area contributed by atoms with Crippen molar-refractivity contribution in [1.29, 1.82) is 0 Å². The standard InChI is InChI=1S/H5N3OS/c1-2-4-3-5/h2-3,5H,1H2. The normalized spacial score (nSPS) is 8.40. The zero-order chi connectivity index (χ0) is 4.12. The van der Waals surface area contributed by atoms with Crippen LogP contribution in [0.15, 0.2) is 0 Å². The van der Waals surface area contributed by atoms with Crippen LogP contribution in [0.3, 0.4) is 0 Å². The van der Waals surface area contributed by atoms with Crippen molar-refractivity contribution < 1.29 is 4.94 Å². The first kappa shape index (κ1) is 5.19. The minimum atomic E-state index is 1.83. The predicted molar refractivity (Wildman–Crippen MR) is 20.5 cm³/mol. The van der Waals surface area contributed by atoms with Crippen LogP contribution in [0.4, 0.5) is 0 Å². The number of hydrazine groups is 1. The van der Waals surface area contributed by atoms with Crippen molar-refractivity contribution in [3.8, 4) is 0 Å². The molecule has 4 nitrogen and oxygen atoms in total. The molecule has 0 saturated carbocycles. The number of thiol groups is 1. The summed E-state index contributed by atoms with van der Waals surface area (Å²) in [6, 6.07) is 0. The summed E-state index contributed by atoms with van der Waals surface area (Å²) in [5, 5.41) is 0. The summed E-state index contributed by atoms with van der Waals surface area (Å²) in [7, 11) is 0. The summed E-state index contributed by atoms with van der Waals surface area (Å²) in [6.45, 7) is 0. The van der Waals surface area contributed by atoms with Gasteiger partial charge >= 0.3 is 0 Å². The molecular weight excluding hydrogens is 90.1 g/mol. The fourth-order valence-corrected chi connectivity index (χ4v) is 0.0791. The third kappa shape index (κ3) is 4.19. The first-order valence-electron chi connectivity index (χ1n) is 0.921. The largest absolute Gasteiger partial charge is 0.246 e. The Hall–Kier alpha value is 0.190. The Morgan fingerprint density at radius 3 is 2.40 bits per heavy atom. The molecule has 5 heteroatoms. The summed E-state index contributed by atoms with van der Waals surface area (Å²) in [5.74, 6) is 4.56. The summed E-state index contributed by atoms with van der Waals surface area (Å²) in [6.07, 6.45) is 0. The average Bonchev–Trinajstić information content (AvgIpc) is 1.41. The highest BCUT2D eigenvalue weighted by molar-refractivity contribution is 7.77. The van der Waals surface area contributed by atoms with Gasteiger partial charge in [-0.2, -0.15) is 4.94 Å². The number of nitrogens with two attached hydrogens (primary N) is 1. The van der Waals surface area contributed by atoms with Crippen LogP contribution in [0.2, 0.25) is 0 Å². The molecule has 0 saturated heterocycles. The summed E-state index contributed by atoms with van der Waals surface area (Å²) < 4.78 is 0. The van der Waals surface area contributed by atoms with E-state index in [9.17, 15) is 0 Å². The highest BCUT2D eigenvalue weighted by atomic mass is 32.1. The molecule has 0 aromatic carbocycles. The number of hydrogen-bond acceptors (Lipinski definition) is 5. The van der Waals surface area contributed by atoms with E-state index in [1.165, 1.54) is 0 Å². The Kier molecular flexibility index (Phi) is 4.35. The van der Waals surface area contributed by atoms with Crippen molar-refractivity contribution in [3.05, 3.63) is 0 Å². The van der Waals surface area contributed by atoms with Gasteiger partial charge in [0, 0.05) is 0 Å². The van der Waals surface area contributed by atoms with Gasteiger partial charge in [-0.1, -0.05) is 12.8 Å². The Morgan fingerprint density at radius 1 is 1.80 bits per heavy atom. The first-order chi connectivity index (χ1) is 2.41. The van der Waals surface area contributed by atoms with Gasteiger partial charge in [0.1, 0.15) is 0 Å². The van der Waals surface area contributed by atoms with Crippen molar-refractivity contribution in [2.24, 2.45) is 5.84 Å². The zero-order valence-corrected chi connectivity index (χ0v) is 3.33. The quantitative estimate of drug-likeness (QED) is 0.196. The second-order valence-corrected chi connectivity index (χ2v) is 0.494. The number of hydrogen-bond donors (Lipinski definition) is 4. The van der Waals surface area contributed by atoms with Crippen LogP contribution in [0.25, 0.3) is 0 Å². The van der Waals surface area contributed by atoms with Crippen molar-refractivity contribution in [2.75, 3.05) is 0 Å². The maximum atomic E-state index is 4.56. The molecule has 0 unspecified atom stereocenters. The molecule has 0 aliphatic heterocycles. The molecule has 0 aromatic heterocycles. The molecule has 0 aliphatic carbocycles. The van der Waals surface area contributed by atoms with E-state index in [4.69, 9.17) is 0 Å². The van der Waals surface area contributed by atoms with Crippen LogP contribution in [0.1, 0.15) is 0 Å². The van der Waals surface area contributed by atoms with Crippen molar-refractivity contribution >= 4 is 12.8 Å². The molecule has 0 aliphatic rings. The molecule has 4 N–H and O–H groups in total. The Labute approximate surface area is 35.1 Å². The molecule has 0 rings (SSSR count). The van der Waals surface area contributed by atoms with E-state index in [1.807, 2.05) is 10.5 Å². The Bertz CT molecular complexity index is 14.4. The van der Waals surface area contributed by atoms with Crippen molar-refractivity contribution in [2.45, 2.75) is 0 Å². The van der Waals surface area contributed by atoms with Crippen LogP contribution in [-0.2, 0) is 4.94 Å². The van der Waals surface area contributed by atoms with Crippen LogP contribution in [-0.4, -0.2) is 0 Å². The lowest BCUT2D eigenvalue weighted by molar-refractivity contribution is 0.0111. The van der Waals surface area contributed by atoms with Gasteiger partial charge in [0.2, 0.25) is 0 Å². The smallest absolute Gasteiger partial charge is 0.0700 e.